The molecule has 2 aromatic carbocycles. The number of aliphatic carboxylic acids is 1. The predicted molar refractivity (Wildman–Crippen MR) is 124 cm³/mol. The molecule has 0 heterocycles. The zero-order valence-corrected chi connectivity index (χ0v) is 18.9. The molecule has 1 saturated carbocycles. The highest BCUT2D eigenvalue weighted by atomic mass is 16.5. The summed E-state index contributed by atoms with van der Waals surface area (Å²) in [6.45, 7) is 3.74. The van der Waals surface area contributed by atoms with Crippen molar-refractivity contribution < 1.29 is 24.2 Å². The first kappa shape index (κ1) is 22.8. The highest BCUT2D eigenvalue weighted by Crippen LogP contribution is 2.44. The average molecular weight is 451 g/mol. The number of carboxylic acid groups (broad SMARTS) is 1. The van der Waals surface area contributed by atoms with E-state index >= 15 is 0 Å². The standard InChI is InChI=1S/C26H30N2O5/c1-15(2)23(24(29)27-22(25(30)31)13-16-11-12-16)28-26(32)33-14-21-19-9-5-3-7-17(19)18-8-4-6-10-20(18)21/h3-10,15-16,21-23H,11-14H2,1-2H3,(H,27,29)(H,28,32)(H,30,31)/t22-,23+/m0/s1. The summed E-state index contributed by atoms with van der Waals surface area (Å²) in [4.78, 5) is 36.9. The van der Waals surface area contributed by atoms with Gasteiger partial charge in [-0.1, -0.05) is 75.2 Å². The third kappa shape index (κ3) is 5.18. The van der Waals surface area contributed by atoms with Crippen LogP contribution in [0.15, 0.2) is 48.5 Å². The Bertz CT molecular complexity index is 1000. The molecular weight excluding hydrogens is 420 g/mol. The molecule has 2 aromatic rings. The first-order valence-corrected chi connectivity index (χ1v) is 11.5. The maximum Gasteiger partial charge on any atom is 0.407 e. The summed E-state index contributed by atoms with van der Waals surface area (Å²) < 4.78 is 5.55. The third-order valence-corrected chi connectivity index (χ3v) is 6.45. The SMILES string of the molecule is CC(C)[C@@H](NC(=O)OCC1c2ccccc2-c2ccccc21)C(=O)N[C@@H](CC1CC1)C(=O)O. The molecule has 4 rings (SSSR count). The van der Waals surface area contributed by atoms with Gasteiger partial charge < -0.3 is 20.5 Å². The van der Waals surface area contributed by atoms with E-state index in [9.17, 15) is 19.5 Å². The third-order valence-electron chi connectivity index (χ3n) is 6.45. The Hall–Kier alpha value is -3.35. The van der Waals surface area contributed by atoms with E-state index in [-0.39, 0.29) is 18.4 Å². The van der Waals surface area contributed by atoms with E-state index in [1.165, 1.54) is 0 Å². The van der Waals surface area contributed by atoms with Gasteiger partial charge in [0.1, 0.15) is 18.7 Å². The average Bonchev–Trinajstić information content (AvgIpc) is 3.56. The fourth-order valence-corrected chi connectivity index (χ4v) is 4.47. The van der Waals surface area contributed by atoms with Crippen molar-refractivity contribution in [3.05, 3.63) is 59.7 Å². The van der Waals surface area contributed by atoms with Gasteiger partial charge in [0.25, 0.3) is 0 Å². The van der Waals surface area contributed by atoms with E-state index in [4.69, 9.17) is 4.74 Å². The molecule has 1 fully saturated rings. The summed E-state index contributed by atoms with van der Waals surface area (Å²) in [5, 5.41) is 14.7. The van der Waals surface area contributed by atoms with Crippen LogP contribution in [0.3, 0.4) is 0 Å². The number of amides is 2. The molecule has 2 aliphatic carbocycles. The number of fused-ring (bicyclic) bond motifs is 3. The summed E-state index contributed by atoms with van der Waals surface area (Å²) in [6, 6.07) is 14.3. The molecule has 33 heavy (non-hydrogen) atoms. The number of carbonyl (C=O) groups is 3. The molecule has 0 spiro atoms. The van der Waals surface area contributed by atoms with Crippen LogP contribution in [0.4, 0.5) is 4.79 Å². The number of benzene rings is 2. The number of nitrogens with one attached hydrogen (secondary N) is 2. The molecule has 0 aromatic heterocycles. The minimum Gasteiger partial charge on any atom is -0.480 e. The van der Waals surface area contributed by atoms with Crippen LogP contribution in [-0.2, 0) is 14.3 Å². The van der Waals surface area contributed by atoms with E-state index in [1.807, 2.05) is 36.4 Å². The van der Waals surface area contributed by atoms with E-state index in [0.29, 0.717) is 12.3 Å². The molecule has 0 aliphatic heterocycles. The number of alkyl carbamates (subject to hydrolysis) is 1. The van der Waals surface area contributed by atoms with E-state index < -0.39 is 30.1 Å². The summed E-state index contributed by atoms with van der Waals surface area (Å²) in [5.41, 5.74) is 4.48. The van der Waals surface area contributed by atoms with Gasteiger partial charge in [0.15, 0.2) is 0 Å². The number of carbonyl (C=O) groups excluding carboxylic acids is 2. The largest absolute Gasteiger partial charge is 0.480 e. The number of hydrogen-bond donors (Lipinski definition) is 3. The van der Waals surface area contributed by atoms with E-state index in [1.54, 1.807) is 13.8 Å². The highest BCUT2D eigenvalue weighted by molar-refractivity contribution is 5.89. The van der Waals surface area contributed by atoms with Crippen LogP contribution in [-0.4, -0.2) is 41.8 Å². The van der Waals surface area contributed by atoms with Gasteiger partial charge >= 0.3 is 12.1 Å². The quantitative estimate of drug-likeness (QED) is 0.537. The van der Waals surface area contributed by atoms with Crippen LogP contribution < -0.4 is 10.6 Å². The Labute approximate surface area is 193 Å². The lowest BCUT2D eigenvalue weighted by atomic mass is 9.98. The molecule has 0 unspecified atom stereocenters. The van der Waals surface area contributed by atoms with Gasteiger partial charge in [-0.3, -0.25) is 4.79 Å². The molecule has 3 N–H and O–H groups in total. The van der Waals surface area contributed by atoms with Crippen molar-refractivity contribution in [1.82, 2.24) is 10.6 Å². The number of carboxylic acids is 1. The first-order valence-electron chi connectivity index (χ1n) is 11.5. The minimum absolute atomic E-state index is 0.0793. The second kappa shape index (κ2) is 9.65. The fourth-order valence-electron chi connectivity index (χ4n) is 4.47. The summed E-state index contributed by atoms with van der Waals surface area (Å²) in [6.07, 6.45) is 1.70. The maximum atomic E-state index is 12.8. The van der Waals surface area contributed by atoms with Crippen molar-refractivity contribution in [3.8, 4) is 11.1 Å². The number of hydrogen-bond acceptors (Lipinski definition) is 4. The Balaban J connectivity index is 1.38. The lowest BCUT2D eigenvalue weighted by Crippen LogP contribution is -2.54. The highest BCUT2D eigenvalue weighted by Gasteiger charge is 2.34. The predicted octanol–water partition coefficient (Wildman–Crippen LogP) is 3.92. The van der Waals surface area contributed by atoms with Crippen LogP contribution in [0, 0.1) is 11.8 Å². The van der Waals surface area contributed by atoms with Crippen molar-refractivity contribution >= 4 is 18.0 Å². The lowest BCUT2D eigenvalue weighted by molar-refractivity contribution is -0.142. The van der Waals surface area contributed by atoms with Gasteiger partial charge in [-0.05, 0) is 40.5 Å². The van der Waals surface area contributed by atoms with Crippen LogP contribution >= 0.6 is 0 Å². The Morgan fingerprint density at radius 2 is 1.55 bits per heavy atom. The molecule has 0 bridgehead atoms. The van der Waals surface area contributed by atoms with Crippen LogP contribution in [0.2, 0.25) is 0 Å². The van der Waals surface area contributed by atoms with E-state index in [0.717, 1.165) is 35.1 Å². The normalized spacial score (nSPS) is 16.5. The minimum atomic E-state index is -1.06. The molecule has 0 radical (unpaired) electrons. The van der Waals surface area contributed by atoms with Crippen molar-refractivity contribution in [2.75, 3.05) is 6.61 Å². The first-order chi connectivity index (χ1) is 15.8. The van der Waals surface area contributed by atoms with Gasteiger partial charge in [-0.15, -0.1) is 0 Å². The molecule has 7 heteroatoms. The second-order valence-electron chi connectivity index (χ2n) is 9.27. The zero-order chi connectivity index (χ0) is 23.5. The summed E-state index contributed by atoms with van der Waals surface area (Å²) in [5.74, 6) is -1.53. The molecule has 174 valence electrons. The Morgan fingerprint density at radius 3 is 2.06 bits per heavy atom. The Morgan fingerprint density at radius 1 is 0.970 bits per heavy atom. The van der Waals surface area contributed by atoms with Gasteiger partial charge in [-0.2, -0.15) is 0 Å². The monoisotopic (exact) mass is 450 g/mol. The summed E-state index contributed by atoms with van der Waals surface area (Å²) in [7, 11) is 0. The van der Waals surface area contributed by atoms with Crippen molar-refractivity contribution in [1.29, 1.82) is 0 Å². The Kier molecular flexibility index (Phi) is 6.67. The summed E-state index contributed by atoms with van der Waals surface area (Å²) >= 11 is 0. The number of rotatable bonds is 9. The van der Waals surface area contributed by atoms with E-state index in [2.05, 4.69) is 22.8 Å². The maximum absolute atomic E-state index is 12.8. The van der Waals surface area contributed by atoms with Gasteiger partial charge in [0.05, 0.1) is 0 Å². The van der Waals surface area contributed by atoms with Gasteiger partial charge in [-0.25, -0.2) is 9.59 Å². The zero-order valence-electron chi connectivity index (χ0n) is 18.9. The van der Waals surface area contributed by atoms with Gasteiger partial charge in [0.2, 0.25) is 5.91 Å². The van der Waals surface area contributed by atoms with Crippen molar-refractivity contribution in [3.63, 3.8) is 0 Å². The van der Waals surface area contributed by atoms with Crippen LogP contribution in [0.1, 0.15) is 50.2 Å². The van der Waals surface area contributed by atoms with Crippen LogP contribution in [0.25, 0.3) is 11.1 Å². The molecule has 2 atom stereocenters. The molecule has 2 amide bonds. The second-order valence-corrected chi connectivity index (χ2v) is 9.27. The van der Waals surface area contributed by atoms with Crippen molar-refractivity contribution in [2.24, 2.45) is 11.8 Å². The fraction of sp³-hybridized carbons (Fsp3) is 0.423. The topological polar surface area (TPSA) is 105 Å². The molecule has 2 aliphatic rings. The molecule has 7 nitrogen and oxygen atoms in total. The molecular formula is C26H30N2O5. The molecule has 0 saturated heterocycles. The number of ether oxygens (including phenoxy) is 1. The lowest BCUT2D eigenvalue weighted by Gasteiger charge is -2.24. The van der Waals surface area contributed by atoms with Gasteiger partial charge in [0, 0.05) is 5.92 Å². The van der Waals surface area contributed by atoms with Crippen molar-refractivity contribution in [2.45, 2.75) is 51.1 Å². The smallest absolute Gasteiger partial charge is 0.407 e. The van der Waals surface area contributed by atoms with Crippen LogP contribution in [0.5, 0.6) is 0 Å².